The fourth-order valence-corrected chi connectivity index (χ4v) is 1.89. The molecule has 20 heavy (non-hydrogen) atoms. The third kappa shape index (κ3) is 2.93. The lowest BCUT2D eigenvalue weighted by atomic mass is 10.2. The summed E-state index contributed by atoms with van der Waals surface area (Å²) in [6, 6.07) is 5.50. The van der Waals surface area contributed by atoms with Gasteiger partial charge >= 0.3 is 6.03 Å². The summed E-state index contributed by atoms with van der Waals surface area (Å²) in [5.41, 5.74) is 2.55. The number of aromatic nitrogens is 4. The monoisotopic (exact) mass is 272 g/mol. The summed E-state index contributed by atoms with van der Waals surface area (Å²) in [6.07, 6.45) is 3.95. The van der Waals surface area contributed by atoms with E-state index in [1.807, 2.05) is 25.1 Å². The lowest BCUT2D eigenvalue weighted by Crippen LogP contribution is -2.30. The van der Waals surface area contributed by atoms with Crippen LogP contribution in [0.5, 0.6) is 0 Å². The first kappa shape index (κ1) is 12.6. The molecule has 1 fully saturated rings. The van der Waals surface area contributed by atoms with Gasteiger partial charge in [-0.3, -0.25) is 0 Å². The highest BCUT2D eigenvalue weighted by atomic mass is 16.2. The predicted octanol–water partition coefficient (Wildman–Crippen LogP) is 1.50. The van der Waals surface area contributed by atoms with Gasteiger partial charge in [0.2, 0.25) is 0 Å². The van der Waals surface area contributed by atoms with E-state index in [4.69, 9.17) is 0 Å². The summed E-state index contributed by atoms with van der Waals surface area (Å²) >= 11 is 0. The summed E-state index contributed by atoms with van der Waals surface area (Å²) in [6.45, 7) is 2.69. The van der Waals surface area contributed by atoms with E-state index in [2.05, 4.69) is 26.2 Å². The smallest absolute Gasteiger partial charge is 0.319 e. The van der Waals surface area contributed by atoms with Crippen LogP contribution in [-0.4, -0.2) is 32.8 Å². The lowest BCUT2D eigenvalue weighted by molar-refractivity contribution is 0.251. The molecule has 104 valence electrons. The highest BCUT2D eigenvalue weighted by Gasteiger charge is 2.21. The van der Waals surface area contributed by atoms with Gasteiger partial charge in [-0.2, -0.15) is 0 Å². The van der Waals surface area contributed by atoms with Gasteiger partial charge in [0.05, 0.1) is 5.69 Å². The van der Waals surface area contributed by atoms with Gasteiger partial charge in [-0.25, -0.2) is 9.48 Å². The minimum Gasteiger partial charge on any atom is -0.338 e. The highest BCUT2D eigenvalue weighted by Crippen LogP contribution is 2.27. The molecular weight excluding hydrogens is 256 g/mol. The molecule has 0 aliphatic heterocycles. The van der Waals surface area contributed by atoms with Crippen molar-refractivity contribution in [3.8, 4) is 5.69 Å². The average molecular weight is 272 g/mol. The van der Waals surface area contributed by atoms with Crippen LogP contribution in [0.15, 0.2) is 24.5 Å². The number of aryl methyl sites for hydroxylation is 1. The van der Waals surface area contributed by atoms with E-state index in [1.165, 1.54) is 19.2 Å². The number of carbonyl (C=O) groups excluding carboxylic acids is 1. The molecule has 0 spiro atoms. The zero-order valence-electron chi connectivity index (χ0n) is 11.2. The quantitative estimate of drug-likeness (QED) is 0.883. The normalized spacial score (nSPS) is 14.1. The molecule has 2 amide bonds. The van der Waals surface area contributed by atoms with Crippen LogP contribution in [0.3, 0.4) is 0 Å². The molecule has 0 radical (unpaired) electrons. The van der Waals surface area contributed by atoms with Crippen LogP contribution in [0, 0.1) is 12.8 Å². The molecule has 2 N–H and O–H groups in total. The second-order valence-electron chi connectivity index (χ2n) is 5.03. The molecule has 1 aromatic carbocycles. The van der Waals surface area contributed by atoms with Gasteiger partial charge in [0.1, 0.15) is 6.33 Å². The number of carbonyl (C=O) groups is 1. The number of anilines is 1. The maximum absolute atomic E-state index is 11.8. The minimum absolute atomic E-state index is 0.172. The second kappa shape index (κ2) is 5.28. The lowest BCUT2D eigenvalue weighted by Gasteiger charge is -2.11. The van der Waals surface area contributed by atoms with E-state index in [-0.39, 0.29) is 6.03 Å². The Kier molecular flexibility index (Phi) is 3.32. The Hall–Kier alpha value is -2.44. The standard InChI is InChI=1S/C13H16N6O/c1-9-2-5-11(19-8-15-17-18-19)6-12(9)16-13(20)14-7-10-3-4-10/h2,5-6,8,10H,3-4,7H2,1H3,(H2,14,16,20). The summed E-state index contributed by atoms with van der Waals surface area (Å²) in [4.78, 5) is 11.8. The Morgan fingerprint density at radius 2 is 2.30 bits per heavy atom. The number of rotatable bonds is 4. The second-order valence-corrected chi connectivity index (χ2v) is 5.03. The van der Waals surface area contributed by atoms with Gasteiger partial charge < -0.3 is 10.6 Å². The van der Waals surface area contributed by atoms with Gasteiger partial charge in [0.15, 0.2) is 0 Å². The SMILES string of the molecule is Cc1ccc(-n2cnnn2)cc1NC(=O)NCC1CC1. The summed E-state index contributed by atoms with van der Waals surface area (Å²) in [5.74, 6) is 0.661. The van der Waals surface area contributed by atoms with Gasteiger partial charge in [-0.05, 0) is 53.8 Å². The predicted molar refractivity (Wildman–Crippen MR) is 73.6 cm³/mol. The van der Waals surface area contributed by atoms with Crippen molar-refractivity contribution >= 4 is 11.7 Å². The molecule has 2 aromatic rings. The first-order chi connectivity index (χ1) is 9.72. The summed E-state index contributed by atoms with van der Waals surface area (Å²) in [7, 11) is 0. The van der Waals surface area contributed by atoms with Crippen molar-refractivity contribution in [3.63, 3.8) is 0 Å². The van der Waals surface area contributed by atoms with Gasteiger partial charge in [0.25, 0.3) is 0 Å². The molecule has 7 nitrogen and oxygen atoms in total. The van der Waals surface area contributed by atoms with E-state index in [9.17, 15) is 4.79 Å². The molecule has 1 saturated carbocycles. The molecule has 1 aromatic heterocycles. The number of urea groups is 1. The maximum Gasteiger partial charge on any atom is 0.319 e. The zero-order chi connectivity index (χ0) is 13.9. The fourth-order valence-electron chi connectivity index (χ4n) is 1.89. The Labute approximate surface area is 116 Å². The van der Waals surface area contributed by atoms with Crippen molar-refractivity contribution < 1.29 is 4.79 Å². The van der Waals surface area contributed by atoms with Crippen molar-refractivity contribution in [1.82, 2.24) is 25.5 Å². The largest absolute Gasteiger partial charge is 0.338 e. The van der Waals surface area contributed by atoms with Crippen LogP contribution >= 0.6 is 0 Å². The van der Waals surface area contributed by atoms with Crippen molar-refractivity contribution in [2.24, 2.45) is 5.92 Å². The number of benzene rings is 1. The Morgan fingerprint density at radius 3 is 3.00 bits per heavy atom. The molecule has 0 unspecified atom stereocenters. The number of hydrogen-bond acceptors (Lipinski definition) is 4. The first-order valence-corrected chi connectivity index (χ1v) is 6.61. The van der Waals surface area contributed by atoms with E-state index in [0.717, 1.165) is 23.5 Å². The van der Waals surface area contributed by atoms with Crippen LogP contribution in [-0.2, 0) is 0 Å². The van der Waals surface area contributed by atoms with E-state index >= 15 is 0 Å². The summed E-state index contributed by atoms with van der Waals surface area (Å²) < 4.78 is 1.55. The summed E-state index contributed by atoms with van der Waals surface area (Å²) in [5, 5.41) is 16.8. The number of nitrogens with one attached hydrogen (secondary N) is 2. The van der Waals surface area contributed by atoms with Crippen LogP contribution in [0.25, 0.3) is 5.69 Å². The van der Waals surface area contributed by atoms with Crippen LogP contribution in [0.1, 0.15) is 18.4 Å². The van der Waals surface area contributed by atoms with E-state index < -0.39 is 0 Å². The van der Waals surface area contributed by atoms with Crippen LogP contribution in [0.2, 0.25) is 0 Å². The topological polar surface area (TPSA) is 84.7 Å². The van der Waals surface area contributed by atoms with Gasteiger partial charge in [-0.1, -0.05) is 6.07 Å². The van der Waals surface area contributed by atoms with Gasteiger partial charge in [0, 0.05) is 12.2 Å². The molecule has 0 bridgehead atoms. The number of hydrogen-bond donors (Lipinski definition) is 2. The average Bonchev–Trinajstić information content (AvgIpc) is 3.11. The van der Waals surface area contributed by atoms with Crippen LogP contribution in [0.4, 0.5) is 10.5 Å². The van der Waals surface area contributed by atoms with Crippen molar-refractivity contribution in [2.75, 3.05) is 11.9 Å². The fraction of sp³-hybridized carbons (Fsp3) is 0.385. The molecule has 1 heterocycles. The first-order valence-electron chi connectivity index (χ1n) is 6.61. The van der Waals surface area contributed by atoms with Crippen molar-refractivity contribution in [1.29, 1.82) is 0 Å². The molecule has 0 saturated heterocycles. The molecule has 7 heteroatoms. The third-order valence-electron chi connectivity index (χ3n) is 3.33. The highest BCUT2D eigenvalue weighted by molar-refractivity contribution is 5.90. The van der Waals surface area contributed by atoms with Crippen molar-refractivity contribution in [3.05, 3.63) is 30.1 Å². The Morgan fingerprint density at radius 1 is 1.45 bits per heavy atom. The number of amides is 2. The van der Waals surface area contributed by atoms with Gasteiger partial charge in [-0.15, -0.1) is 5.10 Å². The van der Waals surface area contributed by atoms with Crippen LogP contribution < -0.4 is 10.6 Å². The number of nitrogens with zero attached hydrogens (tertiary/aromatic N) is 4. The van der Waals surface area contributed by atoms with E-state index in [1.54, 1.807) is 4.68 Å². The van der Waals surface area contributed by atoms with Crippen molar-refractivity contribution in [2.45, 2.75) is 19.8 Å². The zero-order valence-corrected chi connectivity index (χ0v) is 11.2. The maximum atomic E-state index is 11.8. The molecular formula is C13H16N6O. The number of tetrazole rings is 1. The molecule has 1 aliphatic rings. The Bertz CT molecular complexity index is 605. The molecule has 0 atom stereocenters. The van der Waals surface area contributed by atoms with E-state index in [0.29, 0.717) is 5.92 Å². The minimum atomic E-state index is -0.172. The molecule has 1 aliphatic carbocycles. The Balaban J connectivity index is 1.71. The third-order valence-corrected chi connectivity index (χ3v) is 3.33. The molecule has 3 rings (SSSR count).